The van der Waals surface area contributed by atoms with Crippen LogP contribution in [-0.2, 0) is 18.7 Å². The molecule has 0 aliphatic carbocycles. The van der Waals surface area contributed by atoms with Gasteiger partial charge in [0.2, 0.25) is 0 Å². The highest BCUT2D eigenvalue weighted by molar-refractivity contribution is 7.97. The van der Waals surface area contributed by atoms with E-state index in [1.807, 2.05) is 42.7 Å². The summed E-state index contributed by atoms with van der Waals surface area (Å²) in [5.41, 5.74) is 0.563. The molecule has 0 spiro atoms. The molecule has 0 amide bonds. The zero-order valence-corrected chi connectivity index (χ0v) is 12.4. The molecular weight excluding hydrogens is 286 g/mol. The van der Waals surface area contributed by atoms with Crippen LogP contribution in [0.2, 0.25) is 0 Å². The number of nitrogens with zero attached hydrogens (tertiary/aromatic N) is 2. The van der Waals surface area contributed by atoms with Crippen molar-refractivity contribution < 1.29 is 0 Å². The van der Waals surface area contributed by atoms with E-state index in [4.69, 9.17) is 0 Å². The van der Waals surface area contributed by atoms with Crippen molar-refractivity contribution in [3.05, 3.63) is 68.0 Å². The minimum Gasteiger partial charge on any atom is -0.287 e. The van der Waals surface area contributed by atoms with Crippen LogP contribution in [-0.4, -0.2) is 15.8 Å². The van der Waals surface area contributed by atoms with Gasteiger partial charge in [0, 0.05) is 5.69 Å². The van der Waals surface area contributed by atoms with E-state index in [-0.39, 0.29) is 5.56 Å². The third-order valence-corrected chi connectivity index (χ3v) is 3.69. The molecule has 0 saturated heterocycles. The lowest BCUT2D eigenvalue weighted by Gasteiger charge is -2.12. The van der Waals surface area contributed by atoms with E-state index < -0.39 is 11.2 Å². The van der Waals surface area contributed by atoms with Crippen LogP contribution in [0.4, 0.5) is 0 Å². The number of benzene rings is 1. The average Bonchev–Trinajstić information content (AvgIpc) is 2.49. The smallest absolute Gasteiger partial charge is 0.287 e. The number of aromatic amines is 1. The summed E-state index contributed by atoms with van der Waals surface area (Å²) in [6.07, 6.45) is 3.02. The SMILES string of the molecule is CSCn1c(CCc2ccccc2)c(C#N)c(=O)[nH]c1=O. The molecule has 2 rings (SSSR count). The molecule has 0 aliphatic heterocycles. The van der Waals surface area contributed by atoms with Crippen molar-refractivity contribution in [2.45, 2.75) is 18.7 Å². The standard InChI is InChI=1S/C15H15N3O2S/c1-21-10-18-13(8-7-11-5-3-2-4-6-11)12(9-16)14(19)17-15(18)20/h2-6H,7-8,10H2,1H3,(H,17,19,20). The minimum absolute atomic E-state index is 0.0274. The van der Waals surface area contributed by atoms with Gasteiger partial charge in [-0.3, -0.25) is 14.3 Å². The van der Waals surface area contributed by atoms with Gasteiger partial charge in [-0.2, -0.15) is 5.26 Å². The van der Waals surface area contributed by atoms with Gasteiger partial charge < -0.3 is 0 Å². The monoisotopic (exact) mass is 301 g/mol. The van der Waals surface area contributed by atoms with Crippen molar-refractivity contribution in [3.8, 4) is 6.07 Å². The molecule has 6 heteroatoms. The van der Waals surface area contributed by atoms with Gasteiger partial charge in [-0.25, -0.2) is 4.79 Å². The van der Waals surface area contributed by atoms with Crippen LogP contribution in [0.1, 0.15) is 16.8 Å². The quantitative estimate of drug-likeness (QED) is 0.908. The highest BCUT2D eigenvalue weighted by Crippen LogP contribution is 2.10. The van der Waals surface area contributed by atoms with E-state index in [0.717, 1.165) is 5.56 Å². The minimum atomic E-state index is -0.608. The maximum absolute atomic E-state index is 11.9. The van der Waals surface area contributed by atoms with Crippen LogP contribution in [0.3, 0.4) is 0 Å². The molecule has 0 saturated carbocycles. The summed E-state index contributed by atoms with van der Waals surface area (Å²) in [7, 11) is 0. The van der Waals surface area contributed by atoms with E-state index >= 15 is 0 Å². The predicted molar refractivity (Wildman–Crippen MR) is 83.4 cm³/mol. The third-order valence-electron chi connectivity index (χ3n) is 3.17. The number of aromatic nitrogens is 2. The normalized spacial score (nSPS) is 10.3. The largest absolute Gasteiger partial charge is 0.329 e. The van der Waals surface area contributed by atoms with Gasteiger partial charge in [0.05, 0.1) is 5.88 Å². The predicted octanol–water partition coefficient (Wildman–Crippen LogP) is 1.51. The molecule has 1 aromatic carbocycles. The van der Waals surface area contributed by atoms with Crippen molar-refractivity contribution in [1.82, 2.24) is 9.55 Å². The first-order chi connectivity index (χ1) is 10.2. The summed E-state index contributed by atoms with van der Waals surface area (Å²) < 4.78 is 1.47. The Labute approximate surface area is 126 Å². The Morgan fingerprint density at radius 2 is 1.95 bits per heavy atom. The number of aryl methyl sites for hydroxylation is 1. The van der Waals surface area contributed by atoms with Crippen molar-refractivity contribution in [2.24, 2.45) is 0 Å². The zero-order valence-electron chi connectivity index (χ0n) is 11.6. The molecule has 1 N–H and O–H groups in total. The number of thioether (sulfide) groups is 1. The van der Waals surface area contributed by atoms with E-state index in [1.54, 1.807) is 0 Å². The summed E-state index contributed by atoms with van der Waals surface area (Å²) in [5.74, 6) is 0.411. The van der Waals surface area contributed by atoms with Crippen molar-refractivity contribution >= 4 is 11.8 Å². The van der Waals surface area contributed by atoms with E-state index in [2.05, 4.69) is 4.98 Å². The molecule has 0 fully saturated rings. The van der Waals surface area contributed by atoms with Gasteiger partial charge in [0.25, 0.3) is 5.56 Å². The lowest BCUT2D eigenvalue weighted by atomic mass is 10.1. The fraction of sp³-hybridized carbons (Fsp3) is 0.267. The molecule has 0 bridgehead atoms. The lowest BCUT2D eigenvalue weighted by molar-refractivity contribution is 0.704. The van der Waals surface area contributed by atoms with Crippen molar-refractivity contribution in [1.29, 1.82) is 5.26 Å². The second-order valence-electron chi connectivity index (χ2n) is 4.52. The molecule has 0 radical (unpaired) electrons. The molecule has 2 aromatic rings. The maximum Gasteiger partial charge on any atom is 0.329 e. The summed E-state index contributed by atoms with van der Waals surface area (Å²) in [6.45, 7) is 0. The van der Waals surface area contributed by atoms with Gasteiger partial charge in [-0.05, 0) is 24.7 Å². The van der Waals surface area contributed by atoms with Crippen LogP contribution in [0.15, 0.2) is 39.9 Å². The van der Waals surface area contributed by atoms with Crippen molar-refractivity contribution in [2.75, 3.05) is 6.26 Å². The van der Waals surface area contributed by atoms with Crippen LogP contribution >= 0.6 is 11.8 Å². The number of rotatable bonds is 5. The van der Waals surface area contributed by atoms with Gasteiger partial charge in [0.1, 0.15) is 11.6 Å². The third kappa shape index (κ3) is 3.44. The van der Waals surface area contributed by atoms with Gasteiger partial charge in [-0.15, -0.1) is 11.8 Å². The maximum atomic E-state index is 11.9. The summed E-state index contributed by atoms with van der Waals surface area (Å²) in [6, 6.07) is 11.7. The Morgan fingerprint density at radius 3 is 2.57 bits per heavy atom. The molecule has 1 heterocycles. The van der Waals surface area contributed by atoms with E-state index in [9.17, 15) is 14.9 Å². The van der Waals surface area contributed by atoms with Crippen LogP contribution in [0.25, 0.3) is 0 Å². The molecule has 0 aliphatic rings. The zero-order chi connectivity index (χ0) is 15.2. The fourth-order valence-corrected chi connectivity index (χ4v) is 2.70. The van der Waals surface area contributed by atoms with E-state index in [0.29, 0.717) is 24.4 Å². The molecule has 0 unspecified atom stereocenters. The summed E-state index contributed by atoms with van der Waals surface area (Å²) in [4.78, 5) is 25.9. The first-order valence-electron chi connectivity index (χ1n) is 6.46. The Bertz CT molecular complexity index is 772. The molecule has 5 nitrogen and oxygen atoms in total. The Kier molecular flexibility index (Phi) is 5.01. The fourth-order valence-electron chi connectivity index (χ4n) is 2.16. The molecule has 21 heavy (non-hydrogen) atoms. The molecular formula is C15H15N3O2S. The Morgan fingerprint density at radius 1 is 1.24 bits per heavy atom. The van der Waals surface area contributed by atoms with Crippen LogP contribution in [0.5, 0.6) is 0 Å². The van der Waals surface area contributed by atoms with Crippen molar-refractivity contribution in [3.63, 3.8) is 0 Å². The van der Waals surface area contributed by atoms with Gasteiger partial charge >= 0.3 is 5.69 Å². The number of nitriles is 1. The van der Waals surface area contributed by atoms with Crippen LogP contribution < -0.4 is 11.2 Å². The summed E-state index contributed by atoms with van der Waals surface area (Å²) in [5, 5.41) is 9.19. The van der Waals surface area contributed by atoms with E-state index in [1.165, 1.54) is 16.3 Å². The molecule has 108 valence electrons. The summed E-state index contributed by atoms with van der Waals surface area (Å²) >= 11 is 1.46. The molecule has 0 atom stereocenters. The first kappa shape index (κ1) is 15.1. The first-order valence-corrected chi connectivity index (χ1v) is 7.85. The average molecular weight is 301 g/mol. The van der Waals surface area contributed by atoms with Gasteiger partial charge in [0.15, 0.2) is 0 Å². The second kappa shape index (κ2) is 6.95. The molecule has 1 aromatic heterocycles. The number of H-pyrrole nitrogens is 1. The Hall–Kier alpha value is -2.26. The number of hydrogen-bond acceptors (Lipinski definition) is 4. The van der Waals surface area contributed by atoms with Crippen LogP contribution in [0, 0.1) is 11.3 Å². The topological polar surface area (TPSA) is 78.7 Å². The highest BCUT2D eigenvalue weighted by atomic mass is 32.2. The Balaban J connectivity index is 2.43. The second-order valence-corrected chi connectivity index (χ2v) is 5.36. The number of nitrogens with one attached hydrogen (secondary N) is 1. The highest BCUT2D eigenvalue weighted by Gasteiger charge is 2.14. The number of hydrogen-bond donors (Lipinski definition) is 1. The van der Waals surface area contributed by atoms with Gasteiger partial charge in [-0.1, -0.05) is 30.3 Å². The lowest BCUT2D eigenvalue weighted by Crippen LogP contribution is -2.34.